The lowest BCUT2D eigenvalue weighted by Crippen LogP contribution is -2.11. The van der Waals surface area contributed by atoms with Gasteiger partial charge in [-0.1, -0.05) is 24.3 Å². The summed E-state index contributed by atoms with van der Waals surface area (Å²) in [7, 11) is 3.17. The highest BCUT2D eigenvalue weighted by atomic mass is 16.5. The monoisotopic (exact) mass is 341 g/mol. The molecule has 0 atom stereocenters. The number of methoxy groups -OCH3 is 2. The number of benzene rings is 2. The maximum Gasteiger partial charge on any atom is 0.337 e. The van der Waals surface area contributed by atoms with Gasteiger partial charge in [-0.3, -0.25) is 4.79 Å². The first kappa shape index (κ1) is 18.2. The van der Waals surface area contributed by atoms with Crippen LogP contribution in [-0.4, -0.2) is 31.2 Å². The second kappa shape index (κ2) is 8.65. The van der Waals surface area contributed by atoms with Crippen LogP contribution < -0.4 is 10.1 Å². The molecular formula is C19H19NO5. The zero-order valence-corrected chi connectivity index (χ0v) is 14.0. The van der Waals surface area contributed by atoms with Crippen molar-refractivity contribution in [1.82, 2.24) is 0 Å². The van der Waals surface area contributed by atoms with Gasteiger partial charge in [0.25, 0.3) is 0 Å². The summed E-state index contributed by atoms with van der Waals surface area (Å²) in [6, 6.07) is 11.7. The highest BCUT2D eigenvalue weighted by Gasteiger charge is 2.10. The van der Waals surface area contributed by atoms with Crippen molar-refractivity contribution in [3.8, 4) is 5.75 Å². The molecule has 2 aromatic rings. The Labute approximate surface area is 145 Å². The van der Waals surface area contributed by atoms with Crippen molar-refractivity contribution in [3.05, 3.63) is 65.2 Å². The van der Waals surface area contributed by atoms with Crippen molar-refractivity contribution >= 4 is 23.6 Å². The molecule has 0 saturated heterocycles. The Morgan fingerprint density at radius 2 is 1.92 bits per heavy atom. The largest absolute Gasteiger partial charge is 0.496 e. The van der Waals surface area contributed by atoms with Crippen LogP contribution in [0.25, 0.3) is 6.08 Å². The fourth-order valence-electron chi connectivity index (χ4n) is 2.26. The van der Waals surface area contributed by atoms with Gasteiger partial charge in [0.05, 0.1) is 25.0 Å². The van der Waals surface area contributed by atoms with Crippen LogP contribution in [0, 0.1) is 0 Å². The standard InChI is InChI=1S/C19H19NO5/c1-24-12-14-9-7-13(11-17(14)25-2)8-10-18(21)20-16-6-4-3-5-15(16)19(22)23/h3-11H,12H2,1-2H3,(H,20,21)(H,22,23). The van der Waals surface area contributed by atoms with Crippen LogP contribution >= 0.6 is 0 Å². The molecule has 25 heavy (non-hydrogen) atoms. The van der Waals surface area contributed by atoms with E-state index >= 15 is 0 Å². The van der Waals surface area contributed by atoms with Gasteiger partial charge in [0, 0.05) is 18.7 Å². The first-order valence-corrected chi connectivity index (χ1v) is 7.52. The minimum absolute atomic E-state index is 0.0369. The van der Waals surface area contributed by atoms with Gasteiger partial charge in [0.1, 0.15) is 5.75 Å². The molecule has 0 aliphatic heterocycles. The summed E-state index contributed by atoms with van der Waals surface area (Å²) in [5.74, 6) is -0.854. The third kappa shape index (κ3) is 4.92. The summed E-state index contributed by atoms with van der Waals surface area (Å²) in [6.45, 7) is 0.430. The molecule has 6 nitrogen and oxygen atoms in total. The number of carbonyl (C=O) groups is 2. The topological polar surface area (TPSA) is 84.9 Å². The highest BCUT2D eigenvalue weighted by Crippen LogP contribution is 2.22. The van der Waals surface area contributed by atoms with E-state index in [0.717, 1.165) is 11.1 Å². The molecule has 0 radical (unpaired) electrons. The molecule has 0 aliphatic carbocycles. The summed E-state index contributed by atoms with van der Waals surface area (Å²) in [5, 5.41) is 11.7. The summed E-state index contributed by atoms with van der Waals surface area (Å²) >= 11 is 0. The molecule has 0 heterocycles. The summed E-state index contributed by atoms with van der Waals surface area (Å²) in [4.78, 5) is 23.2. The van der Waals surface area contributed by atoms with E-state index in [-0.39, 0.29) is 11.3 Å². The quantitative estimate of drug-likeness (QED) is 0.756. The molecule has 2 N–H and O–H groups in total. The highest BCUT2D eigenvalue weighted by molar-refractivity contribution is 6.06. The number of rotatable bonds is 7. The molecule has 6 heteroatoms. The number of hydrogen-bond acceptors (Lipinski definition) is 4. The number of carboxylic acids is 1. The Hall–Kier alpha value is -3.12. The second-order valence-electron chi connectivity index (χ2n) is 5.18. The van der Waals surface area contributed by atoms with E-state index in [1.165, 1.54) is 18.2 Å². The second-order valence-corrected chi connectivity index (χ2v) is 5.18. The number of amides is 1. The minimum Gasteiger partial charge on any atom is -0.496 e. The Kier molecular flexibility index (Phi) is 6.31. The number of carboxylic acid groups (broad SMARTS) is 1. The molecule has 2 aromatic carbocycles. The molecule has 0 aromatic heterocycles. The SMILES string of the molecule is COCc1ccc(C=CC(=O)Nc2ccccc2C(=O)O)cc1OC. The van der Waals surface area contributed by atoms with Gasteiger partial charge < -0.3 is 19.9 Å². The first-order chi connectivity index (χ1) is 12.0. The predicted molar refractivity (Wildman–Crippen MR) is 94.8 cm³/mol. The van der Waals surface area contributed by atoms with Gasteiger partial charge in [-0.25, -0.2) is 4.79 Å². The van der Waals surface area contributed by atoms with Crippen molar-refractivity contribution in [2.24, 2.45) is 0 Å². The maximum atomic E-state index is 12.0. The average Bonchev–Trinajstić information content (AvgIpc) is 2.61. The summed E-state index contributed by atoms with van der Waals surface area (Å²) < 4.78 is 10.4. The Morgan fingerprint density at radius 1 is 1.16 bits per heavy atom. The number of anilines is 1. The van der Waals surface area contributed by atoms with E-state index in [4.69, 9.17) is 14.6 Å². The molecule has 1 amide bonds. The number of aromatic carboxylic acids is 1. The number of para-hydroxylation sites is 1. The smallest absolute Gasteiger partial charge is 0.337 e. The molecular weight excluding hydrogens is 322 g/mol. The zero-order chi connectivity index (χ0) is 18.2. The van der Waals surface area contributed by atoms with E-state index < -0.39 is 11.9 Å². The van der Waals surface area contributed by atoms with Crippen molar-refractivity contribution in [2.75, 3.05) is 19.5 Å². The maximum absolute atomic E-state index is 12.0. The predicted octanol–water partition coefficient (Wildman–Crippen LogP) is 3.19. The van der Waals surface area contributed by atoms with Crippen LogP contribution in [0.1, 0.15) is 21.5 Å². The van der Waals surface area contributed by atoms with E-state index in [9.17, 15) is 9.59 Å². The van der Waals surface area contributed by atoms with Crippen molar-refractivity contribution in [2.45, 2.75) is 6.61 Å². The van der Waals surface area contributed by atoms with Gasteiger partial charge in [-0.05, 0) is 29.8 Å². The van der Waals surface area contributed by atoms with E-state index in [2.05, 4.69) is 5.32 Å². The van der Waals surface area contributed by atoms with E-state index in [0.29, 0.717) is 12.4 Å². The fraction of sp³-hybridized carbons (Fsp3) is 0.158. The van der Waals surface area contributed by atoms with Crippen molar-refractivity contribution in [1.29, 1.82) is 0 Å². The Balaban J connectivity index is 2.12. The van der Waals surface area contributed by atoms with E-state index in [1.54, 1.807) is 38.5 Å². The zero-order valence-electron chi connectivity index (χ0n) is 14.0. The number of hydrogen-bond donors (Lipinski definition) is 2. The molecule has 2 rings (SSSR count). The van der Waals surface area contributed by atoms with Gasteiger partial charge in [-0.2, -0.15) is 0 Å². The Morgan fingerprint density at radius 3 is 2.60 bits per heavy atom. The molecule has 0 unspecified atom stereocenters. The number of carbonyl (C=O) groups excluding carboxylic acids is 1. The van der Waals surface area contributed by atoms with Crippen LogP contribution in [-0.2, 0) is 16.1 Å². The van der Waals surface area contributed by atoms with Crippen LogP contribution in [0.15, 0.2) is 48.5 Å². The minimum atomic E-state index is -1.10. The number of ether oxygens (including phenoxy) is 2. The average molecular weight is 341 g/mol. The molecule has 0 spiro atoms. The van der Waals surface area contributed by atoms with E-state index in [1.807, 2.05) is 12.1 Å². The van der Waals surface area contributed by atoms with Crippen molar-refractivity contribution < 1.29 is 24.2 Å². The third-order valence-electron chi connectivity index (χ3n) is 3.45. The molecule has 0 saturated carbocycles. The molecule has 130 valence electrons. The van der Waals surface area contributed by atoms with Crippen LogP contribution in [0.4, 0.5) is 5.69 Å². The van der Waals surface area contributed by atoms with Gasteiger partial charge in [0.2, 0.25) is 5.91 Å². The Bertz CT molecular complexity index is 798. The summed E-state index contributed by atoms with van der Waals surface area (Å²) in [5.41, 5.74) is 1.97. The lowest BCUT2D eigenvalue weighted by molar-refractivity contribution is -0.111. The van der Waals surface area contributed by atoms with Crippen LogP contribution in [0.5, 0.6) is 5.75 Å². The third-order valence-corrected chi connectivity index (χ3v) is 3.45. The number of nitrogens with one attached hydrogen (secondary N) is 1. The lowest BCUT2D eigenvalue weighted by Gasteiger charge is -2.08. The van der Waals surface area contributed by atoms with Crippen LogP contribution in [0.3, 0.4) is 0 Å². The van der Waals surface area contributed by atoms with Crippen molar-refractivity contribution in [3.63, 3.8) is 0 Å². The first-order valence-electron chi connectivity index (χ1n) is 7.52. The van der Waals surface area contributed by atoms with Crippen LogP contribution in [0.2, 0.25) is 0 Å². The molecule has 0 fully saturated rings. The lowest BCUT2D eigenvalue weighted by atomic mass is 10.1. The molecule has 0 bridgehead atoms. The van der Waals surface area contributed by atoms with Gasteiger partial charge >= 0.3 is 5.97 Å². The van der Waals surface area contributed by atoms with Gasteiger partial charge in [0.15, 0.2) is 0 Å². The normalized spacial score (nSPS) is 10.6. The molecule has 0 aliphatic rings. The fourth-order valence-corrected chi connectivity index (χ4v) is 2.26. The summed E-state index contributed by atoms with van der Waals surface area (Å²) in [6.07, 6.45) is 2.96. The van der Waals surface area contributed by atoms with Gasteiger partial charge in [-0.15, -0.1) is 0 Å².